The number of halogens is 1. The highest BCUT2D eigenvalue weighted by molar-refractivity contribution is 6.32. The first-order chi connectivity index (χ1) is 8.99. The number of aryl methyl sites for hydroxylation is 1. The first-order valence-electron chi connectivity index (χ1n) is 5.59. The quantitative estimate of drug-likeness (QED) is 0.637. The van der Waals surface area contributed by atoms with Gasteiger partial charge in [0, 0.05) is 11.1 Å². The van der Waals surface area contributed by atoms with Crippen molar-refractivity contribution in [2.75, 3.05) is 0 Å². The molecule has 5 nitrogen and oxygen atoms in total. The smallest absolute Gasteiger partial charge is 0.342 e. The van der Waals surface area contributed by atoms with Crippen LogP contribution < -0.4 is 0 Å². The molecule has 0 N–H and O–H groups in total. The predicted octanol–water partition coefficient (Wildman–Crippen LogP) is 3.46. The van der Waals surface area contributed by atoms with Gasteiger partial charge in [-0.05, 0) is 35.1 Å². The van der Waals surface area contributed by atoms with Crippen molar-refractivity contribution in [1.82, 2.24) is 9.55 Å². The molecule has 2 rings (SSSR count). The molecule has 2 aromatic rings. The van der Waals surface area contributed by atoms with Gasteiger partial charge in [-0.3, -0.25) is 0 Å². The highest BCUT2D eigenvalue weighted by Crippen LogP contribution is 2.20. The fraction of sp³-hybridized carbons (Fsp3) is 0.154. The Hall–Kier alpha value is -2.14. The molecule has 0 unspecified atom stereocenters. The predicted molar refractivity (Wildman–Crippen MR) is 75.0 cm³/mol. The van der Waals surface area contributed by atoms with Gasteiger partial charge in [0.1, 0.15) is 6.20 Å². The maximum absolute atomic E-state index is 10.7. The van der Waals surface area contributed by atoms with Gasteiger partial charge >= 0.3 is 5.82 Å². The summed E-state index contributed by atoms with van der Waals surface area (Å²) in [6.45, 7) is 1.96. The van der Waals surface area contributed by atoms with Crippen LogP contribution in [-0.2, 0) is 7.05 Å². The lowest BCUT2D eigenvalue weighted by atomic mass is 10.1. The zero-order valence-electron chi connectivity index (χ0n) is 10.5. The van der Waals surface area contributed by atoms with Crippen LogP contribution >= 0.6 is 11.6 Å². The normalized spacial score (nSPS) is 11.1. The highest BCUT2D eigenvalue weighted by atomic mass is 35.5. The molecule has 19 heavy (non-hydrogen) atoms. The molecule has 0 amide bonds. The molecule has 0 saturated heterocycles. The second-order valence-electron chi connectivity index (χ2n) is 4.15. The minimum atomic E-state index is -0.469. The summed E-state index contributed by atoms with van der Waals surface area (Å²) in [5.74, 6) is 0.456. The molecule has 0 aliphatic carbocycles. The number of hydrogen-bond acceptors (Lipinski definition) is 3. The van der Waals surface area contributed by atoms with Gasteiger partial charge in [-0.1, -0.05) is 23.7 Å². The van der Waals surface area contributed by atoms with E-state index < -0.39 is 4.92 Å². The number of imidazole rings is 1. The number of aromatic nitrogens is 2. The van der Waals surface area contributed by atoms with E-state index in [2.05, 4.69) is 4.98 Å². The molecule has 0 atom stereocenters. The molecular weight excluding hydrogens is 266 g/mol. The summed E-state index contributed by atoms with van der Waals surface area (Å²) in [5.41, 5.74) is 1.92. The molecule has 0 bridgehead atoms. The van der Waals surface area contributed by atoms with Crippen LogP contribution in [0.1, 0.15) is 17.0 Å². The van der Waals surface area contributed by atoms with Gasteiger partial charge in [0.2, 0.25) is 5.82 Å². The Morgan fingerprint density at radius 1 is 1.42 bits per heavy atom. The van der Waals surface area contributed by atoms with Crippen LogP contribution in [0.3, 0.4) is 0 Å². The molecule has 6 heteroatoms. The summed E-state index contributed by atoms with van der Waals surface area (Å²) < 4.78 is 1.42. The van der Waals surface area contributed by atoms with Gasteiger partial charge in [0.05, 0.1) is 7.05 Å². The van der Waals surface area contributed by atoms with Crippen LogP contribution in [0.25, 0.3) is 12.2 Å². The molecule has 1 aromatic heterocycles. The number of nitrogens with zero attached hydrogens (tertiary/aromatic N) is 3. The first-order valence-corrected chi connectivity index (χ1v) is 5.97. The Kier molecular flexibility index (Phi) is 3.66. The molecule has 0 aliphatic heterocycles. The maximum atomic E-state index is 10.7. The topological polar surface area (TPSA) is 61.0 Å². The molecule has 98 valence electrons. The Morgan fingerprint density at radius 3 is 2.74 bits per heavy atom. The summed E-state index contributed by atoms with van der Waals surface area (Å²) >= 11 is 6.10. The highest BCUT2D eigenvalue weighted by Gasteiger charge is 2.13. The summed E-state index contributed by atoms with van der Waals surface area (Å²) in [7, 11) is 1.60. The van der Waals surface area contributed by atoms with E-state index in [1.807, 2.05) is 25.1 Å². The Bertz CT molecular complexity index is 662. The van der Waals surface area contributed by atoms with Crippen molar-refractivity contribution < 1.29 is 4.92 Å². The van der Waals surface area contributed by atoms with E-state index in [1.165, 1.54) is 10.8 Å². The summed E-state index contributed by atoms with van der Waals surface area (Å²) in [4.78, 5) is 14.2. The molecular formula is C13H12ClN3O2. The zero-order valence-corrected chi connectivity index (χ0v) is 11.3. The van der Waals surface area contributed by atoms with Gasteiger partial charge in [-0.25, -0.2) is 9.55 Å². The first kappa shape index (κ1) is 13.3. The van der Waals surface area contributed by atoms with E-state index in [0.717, 1.165) is 11.1 Å². The summed E-state index contributed by atoms with van der Waals surface area (Å²) in [6.07, 6.45) is 4.72. The monoisotopic (exact) mass is 277 g/mol. The largest absolute Gasteiger partial charge is 0.358 e. The lowest BCUT2D eigenvalue weighted by Gasteiger charge is -1.99. The van der Waals surface area contributed by atoms with Crippen molar-refractivity contribution in [3.05, 3.63) is 56.5 Å². The van der Waals surface area contributed by atoms with Crippen molar-refractivity contribution in [2.45, 2.75) is 6.92 Å². The third kappa shape index (κ3) is 2.82. The van der Waals surface area contributed by atoms with Crippen LogP contribution in [0.2, 0.25) is 5.02 Å². The van der Waals surface area contributed by atoms with Crippen LogP contribution in [0, 0.1) is 17.0 Å². The molecule has 1 aromatic carbocycles. The van der Waals surface area contributed by atoms with Crippen LogP contribution in [0.5, 0.6) is 0 Å². The molecule has 0 saturated carbocycles. The third-order valence-corrected chi connectivity index (χ3v) is 3.08. The van der Waals surface area contributed by atoms with E-state index in [9.17, 15) is 10.1 Å². The fourth-order valence-electron chi connectivity index (χ4n) is 1.67. The van der Waals surface area contributed by atoms with E-state index in [-0.39, 0.29) is 5.82 Å². The van der Waals surface area contributed by atoms with Crippen LogP contribution in [-0.4, -0.2) is 14.5 Å². The van der Waals surface area contributed by atoms with Gasteiger partial charge in [0.15, 0.2) is 0 Å². The van der Waals surface area contributed by atoms with Crippen molar-refractivity contribution in [2.24, 2.45) is 7.05 Å². The molecule has 1 heterocycles. The fourth-order valence-corrected chi connectivity index (χ4v) is 1.97. The van der Waals surface area contributed by atoms with E-state index >= 15 is 0 Å². The van der Waals surface area contributed by atoms with Crippen LogP contribution in [0.4, 0.5) is 5.82 Å². The second kappa shape index (κ2) is 5.24. The average Bonchev–Trinajstić information content (AvgIpc) is 2.70. The zero-order chi connectivity index (χ0) is 14.0. The lowest BCUT2D eigenvalue weighted by molar-refractivity contribution is -0.391. The van der Waals surface area contributed by atoms with E-state index in [4.69, 9.17) is 11.6 Å². The van der Waals surface area contributed by atoms with Crippen molar-refractivity contribution in [3.8, 4) is 0 Å². The summed E-state index contributed by atoms with van der Waals surface area (Å²) in [5, 5.41) is 11.3. The average molecular weight is 278 g/mol. The van der Waals surface area contributed by atoms with Crippen molar-refractivity contribution >= 4 is 29.6 Å². The minimum Gasteiger partial charge on any atom is -0.358 e. The Morgan fingerprint density at radius 2 is 2.16 bits per heavy atom. The number of hydrogen-bond donors (Lipinski definition) is 0. The number of nitro groups is 1. The SMILES string of the molecule is Cc1ccc(/C=C/c2ncc([N+](=O)[O-])n2C)c(Cl)c1. The molecule has 0 radical (unpaired) electrons. The Balaban J connectivity index is 2.30. The van der Waals surface area contributed by atoms with Crippen molar-refractivity contribution in [3.63, 3.8) is 0 Å². The molecule has 0 fully saturated rings. The van der Waals surface area contributed by atoms with E-state index in [0.29, 0.717) is 10.8 Å². The van der Waals surface area contributed by atoms with Gasteiger partial charge in [-0.2, -0.15) is 0 Å². The standard InChI is InChI=1S/C13H12ClN3O2/c1-9-3-4-10(11(14)7-9)5-6-12-15-8-13(16(12)2)17(18)19/h3-8H,1-2H3/b6-5+. The molecule has 0 aliphatic rings. The second-order valence-corrected chi connectivity index (χ2v) is 4.56. The maximum Gasteiger partial charge on any atom is 0.342 e. The minimum absolute atomic E-state index is 0.0466. The van der Waals surface area contributed by atoms with Gasteiger partial charge < -0.3 is 10.1 Å². The summed E-state index contributed by atoms with van der Waals surface area (Å²) in [6, 6.07) is 5.71. The number of rotatable bonds is 3. The Labute approximate surface area is 115 Å². The van der Waals surface area contributed by atoms with Gasteiger partial charge in [0.25, 0.3) is 0 Å². The lowest BCUT2D eigenvalue weighted by Crippen LogP contribution is -1.98. The number of benzene rings is 1. The van der Waals surface area contributed by atoms with Crippen molar-refractivity contribution in [1.29, 1.82) is 0 Å². The van der Waals surface area contributed by atoms with E-state index in [1.54, 1.807) is 19.2 Å². The van der Waals surface area contributed by atoms with Gasteiger partial charge in [-0.15, -0.1) is 0 Å². The van der Waals surface area contributed by atoms with Crippen LogP contribution in [0.15, 0.2) is 24.4 Å². The molecule has 0 spiro atoms. The third-order valence-electron chi connectivity index (χ3n) is 2.75.